The molecule has 0 N–H and O–H groups in total. The van der Waals surface area contributed by atoms with E-state index in [1.54, 1.807) is 36.1 Å². The first-order valence-electron chi connectivity index (χ1n) is 6.17. The molecule has 1 aromatic carbocycles. The Labute approximate surface area is 112 Å². The van der Waals surface area contributed by atoms with E-state index in [4.69, 9.17) is 11.6 Å². The molecule has 1 aromatic rings. The normalized spacial score (nSPS) is 19.7. The van der Waals surface area contributed by atoms with Crippen LogP contribution in [0.2, 0.25) is 5.02 Å². The Morgan fingerprint density at radius 2 is 2.00 bits per heavy atom. The molecule has 96 valence electrons. The van der Waals surface area contributed by atoms with Crippen LogP contribution in [0.25, 0.3) is 0 Å². The molecule has 1 saturated heterocycles. The van der Waals surface area contributed by atoms with Gasteiger partial charge in [0.05, 0.1) is 16.6 Å². The Balaban J connectivity index is 2.27. The predicted octanol–water partition coefficient (Wildman–Crippen LogP) is 2.92. The number of nitrogens with zero attached hydrogens (tertiary/aromatic N) is 1. The van der Waals surface area contributed by atoms with E-state index < -0.39 is 0 Å². The molecule has 18 heavy (non-hydrogen) atoms. The van der Waals surface area contributed by atoms with Crippen LogP contribution in [-0.2, 0) is 4.79 Å². The fourth-order valence-electron chi connectivity index (χ4n) is 2.39. The largest absolute Gasteiger partial charge is 0.329 e. The molecule has 0 bridgehead atoms. The highest BCUT2D eigenvalue weighted by molar-refractivity contribution is 6.33. The summed E-state index contributed by atoms with van der Waals surface area (Å²) < 4.78 is 0. The molecule has 1 fully saturated rings. The Morgan fingerprint density at radius 3 is 2.67 bits per heavy atom. The number of carbonyl (C=O) groups is 2. The van der Waals surface area contributed by atoms with Gasteiger partial charge in [-0.25, -0.2) is 0 Å². The summed E-state index contributed by atoms with van der Waals surface area (Å²) in [5, 5.41) is 0.440. The van der Waals surface area contributed by atoms with E-state index >= 15 is 0 Å². The molecule has 0 spiro atoms. The molecule has 1 atom stereocenters. The summed E-state index contributed by atoms with van der Waals surface area (Å²) in [6, 6.07) is 6.68. The van der Waals surface area contributed by atoms with Crippen LogP contribution in [-0.4, -0.2) is 29.2 Å². The van der Waals surface area contributed by atoms with Crippen molar-refractivity contribution in [3.8, 4) is 0 Å². The lowest BCUT2D eigenvalue weighted by Gasteiger charge is -2.34. The van der Waals surface area contributed by atoms with Gasteiger partial charge < -0.3 is 4.90 Å². The van der Waals surface area contributed by atoms with Crippen LogP contribution >= 0.6 is 11.6 Å². The van der Waals surface area contributed by atoms with Crippen molar-refractivity contribution >= 4 is 23.3 Å². The summed E-state index contributed by atoms with van der Waals surface area (Å²) >= 11 is 6.03. The van der Waals surface area contributed by atoms with Gasteiger partial charge >= 0.3 is 0 Å². The zero-order chi connectivity index (χ0) is 13.1. The molecule has 3 nitrogen and oxygen atoms in total. The van der Waals surface area contributed by atoms with E-state index in [0.717, 1.165) is 19.3 Å². The number of carbonyl (C=O) groups excluding carboxylic acids is 2. The molecule has 1 aliphatic rings. The first-order chi connectivity index (χ1) is 8.61. The summed E-state index contributed by atoms with van der Waals surface area (Å²) in [7, 11) is 0. The molecule has 1 amide bonds. The summed E-state index contributed by atoms with van der Waals surface area (Å²) in [4.78, 5) is 25.7. The Kier molecular flexibility index (Phi) is 4.02. The minimum absolute atomic E-state index is 0.0510. The molecular weight excluding hydrogens is 250 g/mol. The minimum Gasteiger partial charge on any atom is -0.329 e. The third-order valence-electron chi connectivity index (χ3n) is 3.34. The zero-order valence-electron chi connectivity index (χ0n) is 10.4. The maximum atomic E-state index is 12.4. The second kappa shape index (κ2) is 5.53. The maximum absolute atomic E-state index is 12.4. The van der Waals surface area contributed by atoms with Crippen molar-refractivity contribution in [1.82, 2.24) is 4.90 Å². The van der Waals surface area contributed by atoms with E-state index in [0.29, 0.717) is 17.1 Å². The first kappa shape index (κ1) is 13.1. The number of piperidine rings is 1. The number of benzene rings is 1. The lowest BCUT2D eigenvalue weighted by molar-refractivity contribution is -0.122. The fraction of sp³-hybridized carbons (Fsp3) is 0.429. The minimum atomic E-state index is -0.289. The monoisotopic (exact) mass is 265 g/mol. The lowest BCUT2D eigenvalue weighted by Crippen LogP contribution is -2.47. The van der Waals surface area contributed by atoms with E-state index in [1.165, 1.54) is 0 Å². The van der Waals surface area contributed by atoms with Gasteiger partial charge in [-0.2, -0.15) is 0 Å². The van der Waals surface area contributed by atoms with Crippen molar-refractivity contribution in [1.29, 1.82) is 0 Å². The number of rotatable bonds is 2. The average molecular weight is 266 g/mol. The number of likely N-dealkylation sites (tertiary alicyclic amines) is 1. The van der Waals surface area contributed by atoms with Crippen LogP contribution in [0.15, 0.2) is 24.3 Å². The third kappa shape index (κ3) is 2.56. The van der Waals surface area contributed by atoms with Gasteiger partial charge in [-0.1, -0.05) is 23.7 Å². The number of halogens is 1. The second-order valence-corrected chi connectivity index (χ2v) is 5.01. The molecule has 1 aliphatic heterocycles. The third-order valence-corrected chi connectivity index (χ3v) is 3.67. The molecular formula is C14H16ClNO2. The summed E-state index contributed by atoms with van der Waals surface area (Å²) in [5.41, 5.74) is 0.479. The molecule has 0 aliphatic carbocycles. The van der Waals surface area contributed by atoms with Crippen LogP contribution in [0.5, 0.6) is 0 Å². The van der Waals surface area contributed by atoms with E-state index in [2.05, 4.69) is 0 Å². The van der Waals surface area contributed by atoms with E-state index in [-0.39, 0.29) is 17.7 Å². The van der Waals surface area contributed by atoms with Gasteiger partial charge in [0, 0.05) is 6.54 Å². The Hall–Kier alpha value is -1.35. The van der Waals surface area contributed by atoms with Gasteiger partial charge in [0.1, 0.15) is 0 Å². The second-order valence-electron chi connectivity index (χ2n) is 4.60. The summed E-state index contributed by atoms with van der Waals surface area (Å²) in [6.07, 6.45) is 2.70. The molecule has 1 heterocycles. The van der Waals surface area contributed by atoms with Crippen LogP contribution in [0.4, 0.5) is 0 Å². The SMILES string of the molecule is CC(=O)[C@H]1CCCCN1C(=O)c1ccccc1Cl. The molecule has 2 rings (SSSR count). The molecule has 0 saturated carbocycles. The van der Waals surface area contributed by atoms with Crippen molar-refractivity contribution in [3.63, 3.8) is 0 Å². The Morgan fingerprint density at radius 1 is 1.28 bits per heavy atom. The number of hydrogen-bond donors (Lipinski definition) is 0. The summed E-state index contributed by atoms with van der Waals surface area (Å²) in [5.74, 6) is -0.0874. The van der Waals surface area contributed by atoms with Gasteiger partial charge in [-0.15, -0.1) is 0 Å². The van der Waals surface area contributed by atoms with Gasteiger partial charge in [-0.05, 0) is 38.3 Å². The average Bonchev–Trinajstić information content (AvgIpc) is 2.38. The summed E-state index contributed by atoms with van der Waals surface area (Å²) in [6.45, 7) is 2.18. The van der Waals surface area contributed by atoms with Crippen LogP contribution in [0.3, 0.4) is 0 Å². The van der Waals surface area contributed by atoms with Crippen LogP contribution in [0.1, 0.15) is 36.5 Å². The maximum Gasteiger partial charge on any atom is 0.255 e. The number of hydrogen-bond acceptors (Lipinski definition) is 2. The molecule has 0 aromatic heterocycles. The number of Topliss-reactive ketones (excluding diaryl/α,β-unsaturated/α-hetero) is 1. The van der Waals surface area contributed by atoms with Crippen LogP contribution < -0.4 is 0 Å². The van der Waals surface area contributed by atoms with Gasteiger partial charge in [-0.3, -0.25) is 9.59 Å². The van der Waals surface area contributed by atoms with Gasteiger partial charge in [0.2, 0.25) is 0 Å². The van der Waals surface area contributed by atoms with Crippen LogP contribution in [0, 0.1) is 0 Å². The standard InChI is InChI=1S/C14H16ClNO2/c1-10(17)13-8-4-5-9-16(13)14(18)11-6-2-3-7-12(11)15/h2-3,6-7,13H,4-5,8-9H2,1H3/t13-/m1/s1. The topological polar surface area (TPSA) is 37.4 Å². The number of amides is 1. The fourth-order valence-corrected chi connectivity index (χ4v) is 2.60. The van der Waals surface area contributed by atoms with Crippen molar-refractivity contribution in [3.05, 3.63) is 34.9 Å². The molecule has 0 unspecified atom stereocenters. The highest BCUT2D eigenvalue weighted by Crippen LogP contribution is 2.23. The highest BCUT2D eigenvalue weighted by Gasteiger charge is 2.30. The van der Waals surface area contributed by atoms with Crippen molar-refractivity contribution in [2.75, 3.05) is 6.54 Å². The van der Waals surface area contributed by atoms with Crippen molar-refractivity contribution in [2.45, 2.75) is 32.2 Å². The quantitative estimate of drug-likeness (QED) is 0.825. The van der Waals surface area contributed by atoms with E-state index in [9.17, 15) is 9.59 Å². The van der Waals surface area contributed by atoms with E-state index in [1.807, 2.05) is 0 Å². The van der Waals surface area contributed by atoms with Gasteiger partial charge in [0.25, 0.3) is 5.91 Å². The highest BCUT2D eigenvalue weighted by atomic mass is 35.5. The van der Waals surface area contributed by atoms with Gasteiger partial charge in [0.15, 0.2) is 5.78 Å². The number of ketones is 1. The smallest absolute Gasteiger partial charge is 0.255 e. The Bertz CT molecular complexity index is 473. The zero-order valence-corrected chi connectivity index (χ0v) is 11.1. The predicted molar refractivity (Wildman–Crippen MR) is 70.8 cm³/mol. The molecule has 0 radical (unpaired) electrons. The lowest BCUT2D eigenvalue weighted by atomic mass is 9.98. The van der Waals surface area contributed by atoms with Crippen molar-refractivity contribution < 1.29 is 9.59 Å². The molecule has 4 heteroatoms. The first-order valence-corrected chi connectivity index (χ1v) is 6.55. The van der Waals surface area contributed by atoms with Crippen molar-refractivity contribution in [2.24, 2.45) is 0 Å².